The fraction of sp³-hybridized carbons (Fsp3) is 0.294. The van der Waals surface area contributed by atoms with Gasteiger partial charge in [0.05, 0.1) is 31.1 Å². The van der Waals surface area contributed by atoms with Crippen LogP contribution in [-0.2, 0) is 17.9 Å². The van der Waals surface area contributed by atoms with Crippen LogP contribution in [0.5, 0.6) is 0 Å². The molecule has 6 nitrogen and oxygen atoms in total. The predicted molar refractivity (Wildman–Crippen MR) is 85.2 cm³/mol. The van der Waals surface area contributed by atoms with Gasteiger partial charge in [-0.2, -0.15) is 5.10 Å². The molecule has 0 bridgehead atoms. The van der Waals surface area contributed by atoms with Gasteiger partial charge in [-0.25, -0.2) is 0 Å². The number of rotatable bonds is 4. The van der Waals surface area contributed by atoms with Gasteiger partial charge in [0.25, 0.3) is 0 Å². The highest BCUT2D eigenvalue weighted by Crippen LogP contribution is 2.18. The van der Waals surface area contributed by atoms with E-state index in [-0.39, 0.29) is 12.5 Å². The number of hydrogen-bond acceptors (Lipinski definition) is 4. The number of fused-ring (bicyclic) bond motifs is 1. The lowest BCUT2D eigenvalue weighted by Crippen LogP contribution is -2.37. The van der Waals surface area contributed by atoms with E-state index in [0.29, 0.717) is 25.3 Å². The molecule has 0 spiro atoms. The van der Waals surface area contributed by atoms with Crippen molar-refractivity contribution >= 4 is 12.0 Å². The van der Waals surface area contributed by atoms with Crippen LogP contribution in [0.15, 0.2) is 42.5 Å². The minimum Gasteiger partial charge on any atom is -0.393 e. The number of carbonyl (C=O) groups excluding carboxylic acids is 1. The molecule has 1 aromatic heterocycles. The molecule has 0 saturated heterocycles. The number of aromatic nitrogens is 2. The number of amides is 1. The maximum absolute atomic E-state index is 12.3. The molecular formula is C17H19N3O3. The molecule has 0 aliphatic carbocycles. The van der Waals surface area contributed by atoms with Crippen LogP contribution in [0.1, 0.15) is 23.1 Å². The third-order valence-electron chi connectivity index (χ3n) is 3.86. The lowest BCUT2D eigenvalue weighted by molar-refractivity contribution is -0.127. The van der Waals surface area contributed by atoms with Crippen molar-refractivity contribution in [2.45, 2.75) is 19.2 Å². The third-order valence-corrected chi connectivity index (χ3v) is 3.86. The van der Waals surface area contributed by atoms with Gasteiger partial charge in [-0.05, 0) is 17.7 Å². The molecule has 1 atom stereocenters. The van der Waals surface area contributed by atoms with Crippen LogP contribution >= 0.6 is 0 Å². The van der Waals surface area contributed by atoms with Gasteiger partial charge < -0.3 is 15.1 Å². The fourth-order valence-corrected chi connectivity index (χ4v) is 2.57. The summed E-state index contributed by atoms with van der Waals surface area (Å²) >= 11 is 0. The van der Waals surface area contributed by atoms with Gasteiger partial charge in [0.2, 0.25) is 5.91 Å². The van der Waals surface area contributed by atoms with Crippen molar-refractivity contribution in [1.82, 2.24) is 14.7 Å². The van der Waals surface area contributed by atoms with E-state index in [1.165, 1.54) is 0 Å². The SMILES string of the molecule is O=C(/C=C/c1ccccc1)N1CCn2nc(C(O)CO)cc2C1. The van der Waals surface area contributed by atoms with E-state index in [1.807, 2.05) is 30.3 Å². The Hall–Kier alpha value is -2.44. The average Bonchev–Trinajstić information content (AvgIpc) is 3.03. The second kappa shape index (κ2) is 6.76. The maximum Gasteiger partial charge on any atom is 0.246 e. The highest BCUT2D eigenvalue weighted by molar-refractivity contribution is 5.91. The Balaban J connectivity index is 1.68. The summed E-state index contributed by atoms with van der Waals surface area (Å²) in [4.78, 5) is 14.0. The molecule has 2 heterocycles. The Morgan fingerprint density at radius 3 is 2.83 bits per heavy atom. The minimum absolute atomic E-state index is 0.0504. The van der Waals surface area contributed by atoms with Gasteiger partial charge in [0.1, 0.15) is 6.10 Å². The van der Waals surface area contributed by atoms with Crippen LogP contribution in [0.3, 0.4) is 0 Å². The van der Waals surface area contributed by atoms with E-state index in [9.17, 15) is 9.90 Å². The average molecular weight is 313 g/mol. The number of nitrogens with zero attached hydrogens (tertiary/aromatic N) is 3. The van der Waals surface area contributed by atoms with Crippen molar-refractivity contribution in [3.05, 3.63) is 59.4 Å². The topological polar surface area (TPSA) is 78.6 Å². The van der Waals surface area contributed by atoms with E-state index in [1.54, 1.807) is 27.8 Å². The number of aliphatic hydroxyl groups excluding tert-OH is 2. The third kappa shape index (κ3) is 3.49. The second-order valence-corrected chi connectivity index (χ2v) is 5.49. The van der Waals surface area contributed by atoms with Crippen molar-refractivity contribution in [1.29, 1.82) is 0 Å². The Kier molecular flexibility index (Phi) is 4.55. The molecular weight excluding hydrogens is 294 g/mol. The van der Waals surface area contributed by atoms with Crippen LogP contribution in [0.2, 0.25) is 0 Å². The molecule has 23 heavy (non-hydrogen) atoms. The zero-order chi connectivity index (χ0) is 16.2. The van der Waals surface area contributed by atoms with E-state index in [4.69, 9.17) is 5.11 Å². The van der Waals surface area contributed by atoms with Gasteiger partial charge in [-0.15, -0.1) is 0 Å². The first-order chi connectivity index (χ1) is 11.2. The minimum atomic E-state index is -0.977. The number of carbonyl (C=O) groups is 1. The molecule has 1 unspecified atom stereocenters. The van der Waals surface area contributed by atoms with Crippen LogP contribution in [0.4, 0.5) is 0 Å². The van der Waals surface area contributed by atoms with Crippen molar-refractivity contribution in [3.8, 4) is 0 Å². The summed E-state index contributed by atoms with van der Waals surface area (Å²) in [6.45, 7) is 1.24. The molecule has 1 aliphatic rings. The Labute approximate surface area is 134 Å². The maximum atomic E-state index is 12.3. The van der Waals surface area contributed by atoms with Crippen molar-refractivity contribution < 1.29 is 15.0 Å². The monoisotopic (exact) mass is 313 g/mol. The first-order valence-corrected chi connectivity index (χ1v) is 7.55. The first kappa shape index (κ1) is 15.5. The molecule has 120 valence electrons. The van der Waals surface area contributed by atoms with E-state index in [0.717, 1.165) is 11.3 Å². The summed E-state index contributed by atoms with van der Waals surface area (Å²) in [6.07, 6.45) is 2.40. The Morgan fingerprint density at radius 2 is 2.09 bits per heavy atom. The number of aliphatic hydroxyl groups is 2. The molecule has 1 aliphatic heterocycles. The van der Waals surface area contributed by atoms with Gasteiger partial charge in [-0.3, -0.25) is 9.48 Å². The predicted octanol–water partition coefficient (Wildman–Crippen LogP) is 0.964. The molecule has 0 radical (unpaired) electrons. The Morgan fingerprint density at radius 1 is 1.30 bits per heavy atom. The molecule has 1 aromatic carbocycles. The standard InChI is InChI=1S/C17H19N3O3/c21-12-16(22)15-10-14-11-19(8-9-20(14)18-15)17(23)7-6-13-4-2-1-3-5-13/h1-7,10,16,21-22H,8-9,11-12H2/b7-6+. The molecule has 3 rings (SSSR count). The highest BCUT2D eigenvalue weighted by atomic mass is 16.3. The summed E-state index contributed by atoms with van der Waals surface area (Å²) < 4.78 is 1.78. The molecule has 2 aromatic rings. The van der Waals surface area contributed by atoms with E-state index in [2.05, 4.69) is 5.10 Å². The van der Waals surface area contributed by atoms with Crippen molar-refractivity contribution in [3.63, 3.8) is 0 Å². The van der Waals surface area contributed by atoms with Gasteiger partial charge >= 0.3 is 0 Å². The number of benzene rings is 1. The van der Waals surface area contributed by atoms with Crippen LogP contribution in [-0.4, -0.2) is 44.0 Å². The summed E-state index contributed by atoms with van der Waals surface area (Å²) in [6, 6.07) is 11.4. The summed E-state index contributed by atoms with van der Waals surface area (Å²) in [5, 5.41) is 22.9. The fourth-order valence-electron chi connectivity index (χ4n) is 2.57. The van der Waals surface area contributed by atoms with E-state index >= 15 is 0 Å². The molecule has 0 fully saturated rings. The zero-order valence-corrected chi connectivity index (χ0v) is 12.7. The van der Waals surface area contributed by atoms with Crippen LogP contribution < -0.4 is 0 Å². The van der Waals surface area contributed by atoms with E-state index < -0.39 is 6.10 Å². The highest BCUT2D eigenvalue weighted by Gasteiger charge is 2.22. The normalized spacial score (nSPS) is 15.7. The quantitative estimate of drug-likeness (QED) is 0.824. The second-order valence-electron chi connectivity index (χ2n) is 5.49. The smallest absolute Gasteiger partial charge is 0.246 e. The summed E-state index contributed by atoms with van der Waals surface area (Å²) in [7, 11) is 0. The van der Waals surface area contributed by atoms with Gasteiger partial charge in [-0.1, -0.05) is 30.3 Å². The molecule has 6 heteroatoms. The molecule has 0 saturated carbocycles. The van der Waals surface area contributed by atoms with Gasteiger partial charge in [0, 0.05) is 12.6 Å². The lowest BCUT2D eigenvalue weighted by atomic mass is 10.2. The Bertz CT molecular complexity index is 709. The zero-order valence-electron chi connectivity index (χ0n) is 12.7. The number of hydrogen-bond donors (Lipinski definition) is 2. The van der Waals surface area contributed by atoms with Crippen LogP contribution in [0, 0.1) is 0 Å². The summed E-state index contributed by atoms with van der Waals surface area (Å²) in [5.41, 5.74) is 2.29. The first-order valence-electron chi connectivity index (χ1n) is 7.55. The largest absolute Gasteiger partial charge is 0.393 e. The lowest BCUT2D eigenvalue weighted by Gasteiger charge is -2.26. The van der Waals surface area contributed by atoms with Gasteiger partial charge in [0.15, 0.2) is 0 Å². The van der Waals surface area contributed by atoms with Crippen LogP contribution in [0.25, 0.3) is 6.08 Å². The molecule has 2 N–H and O–H groups in total. The molecule has 1 amide bonds. The van der Waals surface area contributed by atoms with Crippen molar-refractivity contribution in [2.24, 2.45) is 0 Å². The summed E-state index contributed by atoms with van der Waals surface area (Å²) in [5.74, 6) is -0.0504. The van der Waals surface area contributed by atoms with Crippen molar-refractivity contribution in [2.75, 3.05) is 13.2 Å².